The molecule has 0 unspecified atom stereocenters. The van der Waals surface area contributed by atoms with Gasteiger partial charge in [-0.1, -0.05) is 17.7 Å². The highest BCUT2D eigenvalue weighted by atomic mass is 35.5. The van der Waals surface area contributed by atoms with Gasteiger partial charge in [-0.2, -0.15) is 0 Å². The van der Waals surface area contributed by atoms with Crippen molar-refractivity contribution in [2.24, 2.45) is 0 Å². The third-order valence-corrected chi connectivity index (χ3v) is 3.17. The van der Waals surface area contributed by atoms with Gasteiger partial charge in [0, 0.05) is 24.8 Å². The summed E-state index contributed by atoms with van der Waals surface area (Å²) in [5, 5.41) is 0.622. The van der Waals surface area contributed by atoms with Gasteiger partial charge in [0.1, 0.15) is 5.75 Å². The number of rotatable bonds is 3. The second-order valence-corrected chi connectivity index (χ2v) is 5.18. The van der Waals surface area contributed by atoms with Crippen LogP contribution >= 0.6 is 11.6 Å². The molecule has 0 aliphatic heterocycles. The normalized spacial score (nSPS) is 10.2. The third-order valence-electron chi connectivity index (χ3n) is 2.94. The Balaban J connectivity index is 2.21. The van der Waals surface area contributed by atoms with Gasteiger partial charge in [-0.05, 0) is 48.9 Å². The van der Waals surface area contributed by atoms with Gasteiger partial charge >= 0.3 is 5.97 Å². The predicted octanol–water partition coefficient (Wildman–Crippen LogP) is 3.93. The first-order valence-corrected chi connectivity index (χ1v) is 6.61. The van der Waals surface area contributed by atoms with E-state index < -0.39 is 0 Å². The van der Waals surface area contributed by atoms with E-state index in [0.29, 0.717) is 16.3 Å². The van der Waals surface area contributed by atoms with E-state index in [1.807, 2.05) is 38.1 Å². The van der Waals surface area contributed by atoms with Crippen LogP contribution in [0.1, 0.15) is 15.9 Å². The summed E-state index contributed by atoms with van der Waals surface area (Å²) in [6.45, 7) is 1.85. The number of esters is 1. The first kappa shape index (κ1) is 14.4. The second-order valence-electron chi connectivity index (χ2n) is 4.74. The Morgan fingerprint density at radius 1 is 1.15 bits per heavy atom. The number of anilines is 1. The molecule has 2 aromatic rings. The highest BCUT2D eigenvalue weighted by molar-refractivity contribution is 6.30. The molecular formula is C16H16ClNO2. The predicted molar refractivity (Wildman–Crippen MR) is 81.9 cm³/mol. The van der Waals surface area contributed by atoms with Crippen LogP contribution in [0.15, 0.2) is 42.5 Å². The number of hydrogen-bond acceptors (Lipinski definition) is 3. The van der Waals surface area contributed by atoms with Gasteiger partial charge < -0.3 is 9.64 Å². The van der Waals surface area contributed by atoms with E-state index in [9.17, 15) is 4.79 Å². The maximum absolute atomic E-state index is 12.2. The third kappa shape index (κ3) is 3.31. The minimum Gasteiger partial charge on any atom is -0.423 e. The van der Waals surface area contributed by atoms with Crippen molar-refractivity contribution < 1.29 is 9.53 Å². The molecule has 0 aromatic heterocycles. The van der Waals surface area contributed by atoms with E-state index in [2.05, 4.69) is 0 Å². The van der Waals surface area contributed by atoms with Crippen molar-refractivity contribution >= 4 is 23.3 Å². The smallest absolute Gasteiger partial charge is 0.343 e. The minimum atomic E-state index is -0.376. The quantitative estimate of drug-likeness (QED) is 0.633. The van der Waals surface area contributed by atoms with Crippen LogP contribution in [0, 0.1) is 6.92 Å². The lowest BCUT2D eigenvalue weighted by atomic mass is 10.2. The van der Waals surface area contributed by atoms with Crippen molar-refractivity contribution in [1.29, 1.82) is 0 Å². The van der Waals surface area contributed by atoms with Crippen molar-refractivity contribution in [1.82, 2.24) is 0 Å². The lowest BCUT2D eigenvalue weighted by Crippen LogP contribution is -2.12. The summed E-state index contributed by atoms with van der Waals surface area (Å²) in [6, 6.07) is 12.5. The topological polar surface area (TPSA) is 29.5 Å². The fraction of sp³-hybridized carbons (Fsp3) is 0.188. The van der Waals surface area contributed by atoms with E-state index in [1.165, 1.54) is 0 Å². The van der Waals surface area contributed by atoms with Crippen LogP contribution in [0.25, 0.3) is 0 Å². The average Bonchev–Trinajstić information content (AvgIpc) is 2.42. The Labute approximate surface area is 123 Å². The molecule has 0 heterocycles. The SMILES string of the molecule is Cc1cc(Cl)ccc1OC(=O)c1cccc(N(C)C)c1. The summed E-state index contributed by atoms with van der Waals surface area (Å²) in [4.78, 5) is 14.1. The minimum absolute atomic E-state index is 0.376. The van der Waals surface area contributed by atoms with Crippen LogP contribution in [0.4, 0.5) is 5.69 Å². The number of hydrogen-bond donors (Lipinski definition) is 0. The van der Waals surface area contributed by atoms with E-state index >= 15 is 0 Å². The van der Waals surface area contributed by atoms with Crippen LogP contribution in [-0.2, 0) is 0 Å². The highest BCUT2D eigenvalue weighted by Gasteiger charge is 2.11. The molecule has 0 saturated carbocycles. The summed E-state index contributed by atoms with van der Waals surface area (Å²) in [7, 11) is 3.85. The molecule has 0 aliphatic carbocycles. The standard InChI is InChI=1S/C16H16ClNO2/c1-11-9-13(17)7-8-15(11)20-16(19)12-5-4-6-14(10-12)18(2)3/h4-10H,1-3H3. The van der Waals surface area contributed by atoms with E-state index in [0.717, 1.165) is 11.3 Å². The van der Waals surface area contributed by atoms with Crippen LogP contribution in [0.3, 0.4) is 0 Å². The number of halogens is 1. The average molecular weight is 290 g/mol. The molecule has 4 heteroatoms. The number of nitrogens with zero attached hydrogens (tertiary/aromatic N) is 1. The lowest BCUT2D eigenvalue weighted by Gasteiger charge is -2.13. The Kier molecular flexibility index (Phi) is 4.30. The molecule has 2 aromatic carbocycles. The molecule has 0 aliphatic rings. The lowest BCUT2D eigenvalue weighted by molar-refractivity contribution is 0.0733. The number of aryl methyl sites for hydroxylation is 1. The molecule has 2 rings (SSSR count). The van der Waals surface area contributed by atoms with E-state index in [-0.39, 0.29) is 5.97 Å². The largest absolute Gasteiger partial charge is 0.423 e. The molecule has 0 amide bonds. The monoisotopic (exact) mass is 289 g/mol. The van der Waals surface area contributed by atoms with Crippen molar-refractivity contribution in [2.45, 2.75) is 6.92 Å². The van der Waals surface area contributed by atoms with Gasteiger partial charge in [0.25, 0.3) is 0 Å². The summed E-state index contributed by atoms with van der Waals surface area (Å²) >= 11 is 5.88. The fourth-order valence-corrected chi connectivity index (χ4v) is 2.02. The Bertz CT molecular complexity index is 638. The van der Waals surface area contributed by atoms with Gasteiger partial charge in [-0.25, -0.2) is 4.79 Å². The van der Waals surface area contributed by atoms with E-state index in [4.69, 9.17) is 16.3 Å². The molecule has 20 heavy (non-hydrogen) atoms. The summed E-state index contributed by atoms with van der Waals surface area (Å²) in [5.74, 6) is 0.147. The van der Waals surface area contributed by atoms with Crippen molar-refractivity contribution in [3.63, 3.8) is 0 Å². The van der Waals surface area contributed by atoms with Gasteiger partial charge in [0.05, 0.1) is 5.56 Å². The second kappa shape index (κ2) is 5.97. The number of carbonyl (C=O) groups is 1. The van der Waals surface area contributed by atoms with E-state index in [1.54, 1.807) is 30.3 Å². The van der Waals surface area contributed by atoms with Crippen molar-refractivity contribution in [3.05, 3.63) is 58.6 Å². The first-order chi connectivity index (χ1) is 9.47. The first-order valence-electron chi connectivity index (χ1n) is 6.23. The zero-order chi connectivity index (χ0) is 14.7. The van der Waals surface area contributed by atoms with Crippen LogP contribution in [0.5, 0.6) is 5.75 Å². The van der Waals surface area contributed by atoms with Gasteiger partial charge in [0.15, 0.2) is 0 Å². The molecule has 0 N–H and O–H groups in total. The maximum atomic E-state index is 12.2. The molecular weight excluding hydrogens is 274 g/mol. The molecule has 3 nitrogen and oxygen atoms in total. The van der Waals surface area contributed by atoms with Crippen LogP contribution in [0.2, 0.25) is 5.02 Å². The van der Waals surface area contributed by atoms with Gasteiger partial charge in [0.2, 0.25) is 0 Å². The van der Waals surface area contributed by atoms with Crippen LogP contribution in [-0.4, -0.2) is 20.1 Å². The molecule has 0 saturated heterocycles. The molecule has 0 fully saturated rings. The molecule has 0 bridgehead atoms. The Morgan fingerprint density at radius 3 is 2.55 bits per heavy atom. The number of ether oxygens (including phenoxy) is 1. The van der Waals surface area contributed by atoms with Gasteiger partial charge in [-0.3, -0.25) is 0 Å². The fourth-order valence-electron chi connectivity index (χ4n) is 1.80. The molecule has 0 radical (unpaired) electrons. The zero-order valence-electron chi connectivity index (χ0n) is 11.7. The molecule has 0 spiro atoms. The Hall–Kier alpha value is -2.00. The molecule has 104 valence electrons. The summed E-state index contributed by atoms with van der Waals surface area (Å²) < 4.78 is 5.40. The number of carbonyl (C=O) groups excluding carboxylic acids is 1. The Morgan fingerprint density at radius 2 is 1.90 bits per heavy atom. The maximum Gasteiger partial charge on any atom is 0.343 e. The van der Waals surface area contributed by atoms with Crippen molar-refractivity contribution in [3.8, 4) is 5.75 Å². The summed E-state index contributed by atoms with van der Waals surface area (Å²) in [6.07, 6.45) is 0. The van der Waals surface area contributed by atoms with Crippen molar-refractivity contribution in [2.75, 3.05) is 19.0 Å². The highest BCUT2D eigenvalue weighted by Crippen LogP contribution is 2.23. The zero-order valence-corrected chi connectivity index (χ0v) is 12.4. The summed E-state index contributed by atoms with van der Waals surface area (Å²) in [5.41, 5.74) is 2.30. The van der Waals surface area contributed by atoms with Crippen LogP contribution < -0.4 is 9.64 Å². The van der Waals surface area contributed by atoms with Gasteiger partial charge in [-0.15, -0.1) is 0 Å². The molecule has 0 atom stereocenters. The number of benzene rings is 2.